The fraction of sp³-hybridized carbons (Fsp3) is 0.438. The second-order valence-electron chi connectivity index (χ2n) is 5.99. The van der Waals surface area contributed by atoms with Crippen molar-refractivity contribution in [3.05, 3.63) is 46.9 Å². The zero-order chi connectivity index (χ0) is 23.8. The van der Waals surface area contributed by atoms with Crippen molar-refractivity contribution < 1.29 is 53.8 Å². The molecule has 170 valence electrons. The van der Waals surface area contributed by atoms with Crippen LogP contribution in [0.2, 0.25) is 0 Å². The molecule has 6 nitrogen and oxygen atoms in total. The van der Waals surface area contributed by atoms with Crippen molar-refractivity contribution in [2.45, 2.75) is 30.7 Å². The Bertz CT molecular complexity index is 928. The first-order chi connectivity index (χ1) is 14.1. The molecular formula is C16H10F9N3O3. The molecule has 0 aromatic carbocycles. The Morgan fingerprint density at radius 1 is 0.935 bits per heavy atom. The van der Waals surface area contributed by atoms with Crippen LogP contribution in [0.1, 0.15) is 40.7 Å². The van der Waals surface area contributed by atoms with Gasteiger partial charge in [0.05, 0.1) is 12.2 Å². The molecule has 1 N–H and O–H groups in total. The van der Waals surface area contributed by atoms with Gasteiger partial charge in [-0.3, -0.25) is 0 Å². The number of halogens is 9. The lowest BCUT2D eigenvalue weighted by atomic mass is 9.91. The first-order valence-corrected chi connectivity index (χ1v) is 7.89. The highest BCUT2D eigenvalue weighted by molar-refractivity contribution is 5.28. The SMILES string of the molecule is COC(c1nc(C(F)(F)F)co1)C(C#N)C(O)c1cc(C(F)(F)F)nc(C(F)(F)F)c1. The number of aliphatic hydroxyl groups is 1. The molecule has 2 heterocycles. The Balaban J connectivity index is 2.52. The maximum atomic E-state index is 13.0. The lowest BCUT2D eigenvalue weighted by Gasteiger charge is -2.24. The lowest BCUT2D eigenvalue weighted by Crippen LogP contribution is -2.23. The van der Waals surface area contributed by atoms with Gasteiger partial charge in [0.15, 0.2) is 11.8 Å². The van der Waals surface area contributed by atoms with E-state index in [9.17, 15) is 49.9 Å². The van der Waals surface area contributed by atoms with E-state index in [1.165, 1.54) is 6.07 Å². The topological polar surface area (TPSA) is 92.2 Å². The van der Waals surface area contributed by atoms with Gasteiger partial charge < -0.3 is 14.3 Å². The highest BCUT2D eigenvalue weighted by atomic mass is 19.4. The summed E-state index contributed by atoms with van der Waals surface area (Å²) in [6.45, 7) is 0. The predicted octanol–water partition coefficient (Wildman–Crippen LogP) is 4.69. The van der Waals surface area contributed by atoms with Crippen LogP contribution in [0.15, 0.2) is 22.8 Å². The summed E-state index contributed by atoms with van der Waals surface area (Å²) in [5.41, 5.74) is -6.56. The second kappa shape index (κ2) is 8.35. The summed E-state index contributed by atoms with van der Waals surface area (Å²) in [5, 5.41) is 19.6. The van der Waals surface area contributed by atoms with E-state index in [-0.39, 0.29) is 18.4 Å². The normalized spacial score (nSPS) is 15.9. The molecule has 0 fully saturated rings. The average Bonchev–Trinajstić information content (AvgIpc) is 3.14. The van der Waals surface area contributed by atoms with Gasteiger partial charge in [-0.05, 0) is 17.7 Å². The number of alkyl halides is 9. The van der Waals surface area contributed by atoms with E-state index in [4.69, 9.17) is 4.74 Å². The highest BCUT2D eigenvalue weighted by Crippen LogP contribution is 2.40. The molecule has 0 radical (unpaired) electrons. The van der Waals surface area contributed by atoms with Crippen LogP contribution < -0.4 is 0 Å². The minimum Gasteiger partial charge on any atom is -0.445 e. The molecular weight excluding hydrogens is 453 g/mol. The van der Waals surface area contributed by atoms with E-state index < -0.39 is 65.2 Å². The molecule has 0 aliphatic rings. The molecule has 3 atom stereocenters. The van der Waals surface area contributed by atoms with Gasteiger partial charge in [-0.15, -0.1) is 0 Å². The van der Waals surface area contributed by atoms with Crippen LogP contribution in [0.4, 0.5) is 39.5 Å². The molecule has 0 amide bonds. The van der Waals surface area contributed by atoms with Crippen molar-refractivity contribution >= 4 is 0 Å². The van der Waals surface area contributed by atoms with E-state index in [2.05, 4.69) is 14.4 Å². The van der Waals surface area contributed by atoms with Crippen molar-refractivity contribution in [2.24, 2.45) is 5.92 Å². The maximum Gasteiger partial charge on any atom is 0.436 e. The second-order valence-corrected chi connectivity index (χ2v) is 5.99. The number of oxazole rings is 1. The maximum absolute atomic E-state index is 13.0. The molecule has 0 saturated carbocycles. The molecule has 2 rings (SSSR count). The van der Waals surface area contributed by atoms with Crippen molar-refractivity contribution in [3.63, 3.8) is 0 Å². The number of nitriles is 1. The molecule has 0 saturated heterocycles. The van der Waals surface area contributed by atoms with Crippen molar-refractivity contribution in [1.82, 2.24) is 9.97 Å². The van der Waals surface area contributed by atoms with E-state index in [0.717, 1.165) is 7.11 Å². The van der Waals surface area contributed by atoms with Crippen LogP contribution in [0.25, 0.3) is 0 Å². The number of aromatic nitrogens is 2. The van der Waals surface area contributed by atoms with Gasteiger partial charge in [-0.25, -0.2) is 9.97 Å². The summed E-state index contributed by atoms with van der Waals surface area (Å²) in [4.78, 5) is 5.53. The molecule has 0 bridgehead atoms. The first kappa shape index (κ1) is 24.4. The zero-order valence-electron chi connectivity index (χ0n) is 15.0. The number of ether oxygens (including phenoxy) is 1. The largest absolute Gasteiger partial charge is 0.445 e. The monoisotopic (exact) mass is 463 g/mol. The van der Waals surface area contributed by atoms with Gasteiger partial charge in [0, 0.05) is 7.11 Å². The van der Waals surface area contributed by atoms with Crippen LogP contribution in [0.5, 0.6) is 0 Å². The molecule has 15 heteroatoms. The fourth-order valence-corrected chi connectivity index (χ4v) is 2.47. The Morgan fingerprint density at radius 2 is 1.42 bits per heavy atom. The molecule has 0 spiro atoms. The minimum atomic E-state index is -5.33. The quantitative estimate of drug-likeness (QED) is 0.648. The van der Waals surface area contributed by atoms with Crippen LogP contribution in [-0.4, -0.2) is 22.2 Å². The summed E-state index contributed by atoms with van der Waals surface area (Å²) in [5.74, 6) is -2.88. The first-order valence-electron chi connectivity index (χ1n) is 7.89. The Kier molecular flexibility index (Phi) is 6.57. The Morgan fingerprint density at radius 3 is 1.77 bits per heavy atom. The van der Waals surface area contributed by atoms with Crippen molar-refractivity contribution in [3.8, 4) is 6.07 Å². The molecule has 3 unspecified atom stereocenters. The Hall–Kier alpha value is -2.86. The van der Waals surface area contributed by atoms with Gasteiger partial charge >= 0.3 is 18.5 Å². The van der Waals surface area contributed by atoms with E-state index >= 15 is 0 Å². The third kappa shape index (κ3) is 5.44. The van der Waals surface area contributed by atoms with Crippen molar-refractivity contribution in [1.29, 1.82) is 5.26 Å². The number of rotatable bonds is 5. The summed E-state index contributed by atoms with van der Waals surface area (Å²) in [6, 6.07) is 1.53. The minimum absolute atomic E-state index is 0.0771. The summed E-state index contributed by atoms with van der Waals surface area (Å²) in [6.07, 6.45) is -19.7. The summed E-state index contributed by atoms with van der Waals surface area (Å²) in [7, 11) is 0.855. The van der Waals surface area contributed by atoms with Crippen molar-refractivity contribution in [2.75, 3.05) is 7.11 Å². The number of aliphatic hydroxyl groups excluding tert-OH is 1. The molecule has 2 aromatic rings. The highest BCUT2D eigenvalue weighted by Gasteiger charge is 2.42. The van der Waals surface area contributed by atoms with Gasteiger partial charge in [0.2, 0.25) is 5.89 Å². The number of hydrogen-bond donors (Lipinski definition) is 1. The van der Waals surface area contributed by atoms with E-state index in [1.54, 1.807) is 0 Å². The van der Waals surface area contributed by atoms with E-state index in [1.807, 2.05) is 0 Å². The summed E-state index contributed by atoms with van der Waals surface area (Å²) < 4.78 is 125. The molecule has 31 heavy (non-hydrogen) atoms. The third-order valence-electron chi connectivity index (χ3n) is 3.90. The number of pyridine rings is 1. The van der Waals surface area contributed by atoms with Crippen LogP contribution >= 0.6 is 0 Å². The van der Waals surface area contributed by atoms with Gasteiger partial charge in [0.1, 0.15) is 23.6 Å². The summed E-state index contributed by atoms with van der Waals surface area (Å²) >= 11 is 0. The van der Waals surface area contributed by atoms with Gasteiger partial charge in [-0.1, -0.05) is 0 Å². The standard InChI is InChI=1S/C16H10F9N3O3/c1-30-12(13-28-10(5-31-13)16(23,24)25)7(4-26)11(29)6-2-8(14(17,18)19)27-9(3-6)15(20,21)22/h2-3,5,7,11-12,29H,1H3. The van der Waals surface area contributed by atoms with Crippen LogP contribution in [0.3, 0.4) is 0 Å². The number of nitrogens with zero attached hydrogens (tertiary/aromatic N) is 3. The molecule has 0 aliphatic heterocycles. The Labute approximate surface area is 166 Å². The zero-order valence-corrected chi connectivity index (χ0v) is 15.0. The average molecular weight is 463 g/mol. The molecule has 0 aliphatic carbocycles. The van der Waals surface area contributed by atoms with Crippen LogP contribution in [0, 0.1) is 17.2 Å². The third-order valence-corrected chi connectivity index (χ3v) is 3.90. The lowest BCUT2D eigenvalue weighted by molar-refractivity contribution is -0.150. The number of methoxy groups -OCH3 is 1. The van der Waals surface area contributed by atoms with Crippen LogP contribution in [-0.2, 0) is 23.3 Å². The molecule has 2 aromatic heterocycles. The smallest absolute Gasteiger partial charge is 0.436 e. The number of hydrogen-bond acceptors (Lipinski definition) is 6. The van der Waals surface area contributed by atoms with E-state index in [0.29, 0.717) is 0 Å². The predicted molar refractivity (Wildman–Crippen MR) is 79.6 cm³/mol. The van der Waals surface area contributed by atoms with Gasteiger partial charge in [-0.2, -0.15) is 44.8 Å². The fourth-order valence-electron chi connectivity index (χ4n) is 2.47. The van der Waals surface area contributed by atoms with Gasteiger partial charge in [0.25, 0.3) is 0 Å².